The molecule has 0 aromatic rings. The molecule has 0 spiro atoms. The molecule has 2 aliphatic rings. The number of nitrogens with one attached hydrogen (secondary N) is 1. The maximum Gasteiger partial charge on any atom is 0.0615 e. The minimum absolute atomic E-state index is 0.271. The first-order chi connectivity index (χ1) is 9.59. The summed E-state index contributed by atoms with van der Waals surface area (Å²) in [5.74, 6) is 0.886. The molecule has 1 heterocycles. The molecule has 1 N–H and O–H groups in total. The Kier molecular flexibility index (Phi) is 5.88. The van der Waals surface area contributed by atoms with E-state index in [0.717, 1.165) is 25.6 Å². The number of hydrogen-bond acceptors (Lipinski definition) is 3. The van der Waals surface area contributed by atoms with E-state index in [2.05, 4.69) is 31.0 Å². The van der Waals surface area contributed by atoms with Crippen LogP contribution in [0.25, 0.3) is 0 Å². The topological polar surface area (TPSA) is 24.5 Å². The predicted octanol–water partition coefficient (Wildman–Crippen LogP) is 3.04. The quantitative estimate of drug-likeness (QED) is 0.839. The number of ether oxygens (including phenoxy) is 1. The Bertz CT molecular complexity index is 291. The Morgan fingerprint density at radius 3 is 2.60 bits per heavy atom. The summed E-state index contributed by atoms with van der Waals surface area (Å²) in [6.45, 7) is 10.2. The molecule has 1 aliphatic heterocycles. The molecule has 20 heavy (non-hydrogen) atoms. The summed E-state index contributed by atoms with van der Waals surface area (Å²) >= 11 is 0. The smallest absolute Gasteiger partial charge is 0.0615 e. The van der Waals surface area contributed by atoms with Crippen LogP contribution in [0, 0.1) is 5.92 Å². The van der Waals surface area contributed by atoms with E-state index in [0.29, 0.717) is 12.1 Å². The standard InChI is InChI=1S/C17H34N2O/c1-5-17(3)13-19(14(2)12-20-4)16(11-18-17)15-9-7-6-8-10-15/h14-16,18H,5-13H2,1-4H3. The van der Waals surface area contributed by atoms with Gasteiger partial charge in [-0.1, -0.05) is 26.2 Å². The van der Waals surface area contributed by atoms with Crippen molar-refractivity contribution in [1.29, 1.82) is 0 Å². The third-order valence-corrected chi connectivity index (χ3v) is 5.64. The van der Waals surface area contributed by atoms with E-state index in [-0.39, 0.29) is 5.54 Å². The first-order valence-corrected chi connectivity index (χ1v) is 8.59. The van der Waals surface area contributed by atoms with Gasteiger partial charge in [0.05, 0.1) is 6.61 Å². The molecule has 0 bridgehead atoms. The summed E-state index contributed by atoms with van der Waals surface area (Å²) in [4.78, 5) is 2.75. The lowest BCUT2D eigenvalue weighted by Gasteiger charge is -2.51. The van der Waals surface area contributed by atoms with Gasteiger partial charge < -0.3 is 10.1 Å². The fourth-order valence-electron chi connectivity index (χ4n) is 4.06. The Morgan fingerprint density at radius 1 is 1.30 bits per heavy atom. The fraction of sp³-hybridized carbons (Fsp3) is 1.00. The molecule has 118 valence electrons. The molecular formula is C17H34N2O. The average Bonchev–Trinajstić information content (AvgIpc) is 2.48. The van der Waals surface area contributed by atoms with Crippen molar-refractivity contribution in [3.63, 3.8) is 0 Å². The largest absolute Gasteiger partial charge is 0.383 e. The monoisotopic (exact) mass is 282 g/mol. The van der Waals surface area contributed by atoms with Crippen LogP contribution >= 0.6 is 0 Å². The van der Waals surface area contributed by atoms with Crippen molar-refractivity contribution in [3.05, 3.63) is 0 Å². The van der Waals surface area contributed by atoms with Crippen LogP contribution in [0.4, 0.5) is 0 Å². The van der Waals surface area contributed by atoms with Crippen molar-refractivity contribution >= 4 is 0 Å². The highest BCUT2D eigenvalue weighted by molar-refractivity contribution is 4.98. The molecule has 3 unspecified atom stereocenters. The molecule has 1 aliphatic carbocycles. The lowest BCUT2D eigenvalue weighted by Crippen LogP contribution is -2.66. The van der Waals surface area contributed by atoms with Crippen LogP contribution in [0.3, 0.4) is 0 Å². The van der Waals surface area contributed by atoms with Crippen LogP contribution in [-0.4, -0.2) is 49.3 Å². The molecule has 2 rings (SSSR count). The Labute approximate surface area is 125 Å². The third-order valence-electron chi connectivity index (χ3n) is 5.64. The summed E-state index contributed by atoms with van der Waals surface area (Å²) in [5, 5.41) is 3.84. The maximum absolute atomic E-state index is 5.43. The van der Waals surface area contributed by atoms with Crippen LogP contribution in [-0.2, 0) is 4.74 Å². The van der Waals surface area contributed by atoms with Crippen LogP contribution in [0.2, 0.25) is 0 Å². The highest BCUT2D eigenvalue weighted by Gasteiger charge is 2.40. The molecule has 2 fully saturated rings. The number of hydrogen-bond donors (Lipinski definition) is 1. The van der Waals surface area contributed by atoms with Gasteiger partial charge in [-0.2, -0.15) is 0 Å². The summed E-state index contributed by atoms with van der Waals surface area (Å²) in [7, 11) is 1.83. The van der Waals surface area contributed by atoms with E-state index in [4.69, 9.17) is 4.74 Å². The van der Waals surface area contributed by atoms with Crippen LogP contribution in [0.5, 0.6) is 0 Å². The summed E-state index contributed by atoms with van der Waals surface area (Å²) in [5.41, 5.74) is 0.271. The minimum atomic E-state index is 0.271. The van der Waals surface area contributed by atoms with Crippen LogP contribution in [0.15, 0.2) is 0 Å². The van der Waals surface area contributed by atoms with Gasteiger partial charge in [0.1, 0.15) is 0 Å². The third kappa shape index (κ3) is 3.75. The van der Waals surface area contributed by atoms with Gasteiger partial charge in [-0.15, -0.1) is 0 Å². The molecule has 0 aromatic heterocycles. The molecule has 3 heteroatoms. The van der Waals surface area contributed by atoms with E-state index in [1.165, 1.54) is 38.5 Å². The highest BCUT2D eigenvalue weighted by atomic mass is 16.5. The Hall–Kier alpha value is -0.120. The molecule has 1 saturated carbocycles. The van der Waals surface area contributed by atoms with Gasteiger partial charge in [0, 0.05) is 37.8 Å². The van der Waals surface area contributed by atoms with Gasteiger partial charge in [-0.25, -0.2) is 0 Å². The van der Waals surface area contributed by atoms with E-state index >= 15 is 0 Å². The van der Waals surface area contributed by atoms with Gasteiger partial charge in [0.2, 0.25) is 0 Å². The fourth-order valence-corrected chi connectivity index (χ4v) is 4.06. The van der Waals surface area contributed by atoms with E-state index in [9.17, 15) is 0 Å². The number of methoxy groups -OCH3 is 1. The molecule has 0 radical (unpaired) electrons. The lowest BCUT2D eigenvalue weighted by atomic mass is 9.80. The normalized spacial score (nSPS) is 35.1. The van der Waals surface area contributed by atoms with Crippen LogP contribution in [0.1, 0.15) is 59.3 Å². The minimum Gasteiger partial charge on any atom is -0.383 e. The number of rotatable bonds is 5. The second-order valence-corrected chi connectivity index (χ2v) is 7.24. The van der Waals surface area contributed by atoms with Gasteiger partial charge in [-0.05, 0) is 39.0 Å². The van der Waals surface area contributed by atoms with Gasteiger partial charge in [-0.3, -0.25) is 4.90 Å². The second-order valence-electron chi connectivity index (χ2n) is 7.24. The number of nitrogens with zero attached hydrogens (tertiary/aromatic N) is 1. The molecule has 0 aromatic carbocycles. The Balaban J connectivity index is 2.07. The molecule has 3 atom stereocenters. The zero-order valence-electron chi connectivity index (χ0n) is 14.0. The Morgan fingerprint density at radius 2 is 2.00 bits per heavy atom. The highest BCUT2D eigenvalue weighted by Crippen LogP contribution is 2.33. The first-order valence-electron chi connectivity index (χ1n) is 8.59. The van der Waals surface area contributed by atoms with Crippen molar-refractivity contribution in [2.75, 3.05) is 26.8 Å². The lowest BCUT2D eigenvalue weighted by molar-refractivity contribution is -0.0104. The molecular weight excluding hydrogens is 248 g/mol. The van der Waals surface area contributed by atoms with Gasteiger partial charge >= 0.3 is 0 Å². The summed E-state index contributed by atoms with van der Waals surface area (Å²) < 4.78 is 5.43. The van der Waals surface area contributed by atoms with Crippen LogP contribution < -0.4 is 5.32 Å². The van der Waals surface area contributed by atoms with Crippen molar-refractivity contribution < 1.29 is 4.74 Å². The first kappa shape index (κ1) is 16.3. The summed E-state index contributed by atoms with van der Waals surface area (Å²) in [6, 6.07) is 1.24. The predicted molar refractivity (Wildman–Crippen MR) is 85.1 cm³/mol. The zero-order valence-corrected chi connectivity index (χ0v) is 14.0. The van der Waals surface area contributed by atoms with Crippen molar-refractivity contribution in [2.45, 2.75) is 76.9 Å². The van der Waals surface area contributed by atoms with E-state index < -0.39 is 0 Å². The molecule has 0 amide bonds. The van der Waals surface area contributed by atoms with Crippen molar-refractivity contribution in [3.8, 4) is 0 Å². The second kappa shape index (κ2) is 7.24. The van der Waals surface area contributed by atoms with E-state index in [1.54, 1.807) is 0 Å². The van der Waals surface area contributed by atoms with Gasteiger partial charge in [0.15, 0.2) is 0 Å². The van der Waals surface area contributed by atoms with Crippen molar-refractivity contribution in [2.24, 2.45) is 5.92 Å². The van der Waals surface area contributed by atoms with Gasteiger partial charge in [0.25, 0.3) is 0 Å². The number of piperazine rings is 1. The SMILES string of the molecule is CCC1(C)CN(C(C)COC)C(C2CCCCC2)CN1. The van der Waals surface area contributed by atoms with E-state index in [1.807, 2.05) is 7.11 Å². The summed E-state index contributed by atoms with van der Waals surface area (Å²) in [6.07, 6.45) is 8.34. The molecule has 3 nitrogen and oxygen atoms in total. The molecule has 1 saturated heterocycles. The van der Waals surface area contributed by atoms with Crippen molar-refractivity contribution in [1.82, 2.24) is 10.2 Å². The zero-order chi connectivity index (χ0) is 14.6. The maximum atomic E-state index is 5.43. The average molecular weight is 282 g/mol.